The number of ether oxygens (including phenoxy) is 3. The number of hydrogen-bond donors (Lipinski definition) is 0. The zero-order valence-corrected chi connectivity index (χ0v) is 53.4. The molecule has 79 heavy (non-hydrogen) atoms. The van der Waals surface area contributed by atoms with Crippen LogP contribution in [0.3, 0.4) is 0 Å². The fraction of sp³-hybridized carbons (Fsp3) is 0.877. The van der Waals surface area contributed by atoms with Crippen LogP contribution in [0.1, 0.15) is 393 Å². The third-order valence-electron chi connectivity index (χ3n) is 16.2. The molecule has 6 heteroatoms. The van der Waals surface area contributed by atoms with E-state index in [4.69, 9.17) is 14.2 Å². The number of esters is 3. The van der Waals surface area contributed by atoms with Crippen molar-refractivity contribution in [3.05, 3.63) is 36.5 Å². The molecule has 0 fully saturated rings. The molecule has 0 saturated carbocycles. The van der Waals surface area contributed by atoms with Crippen LogP contribution in [0.25, 0.3) is 0 Å². The number of unbranched alkanes of at least 4 members (excludes halogenated alkanes) is 49. The molecule has 0 aromatic heterocycles. The van der Waals surface area contributed by atoms with Crippen LogP contribution in [0.15, 0.2) is 36.5 Å². The maximum Gasteiger partial charge on any atom is 0.306 e. The van der Waals surface area contributed by atoms with Crippen molar-refractivity contribution < 1.29 is 28.6 Å². The summed E-state index contributed by atoms with van der Waals surface area (Å²) in [5, 5.41) is 0. The van der Waals surface area contributed by atoms with Gasteiger partial charge in [-0.05, 0) is 51.4 Å². The molecule has 0 spiro atoms. The van der Waals surface area contributed by atoms with Crippen molar-refractivity contribution in [1.29, 1.82) is 0 Å². The predicted molar refractivity (Wildman–Crippen MR) is 344 cm³/mol. The molecule has 0 bridgehead atoms. The Morgan fingerprint density at radius 1 is 0.266 bits per heavy atom. The van der Waals surface area contributed by atoms with Crippen LogP contribution < -0.4 is 0 Å². The lowest BCUT2D eigenvalue weighted by Crippen LogP contribution is -2.30. The average Bonchev–Trinajstić information content (AvgIpc) is 3.45. The molecular formula is C73H136O6. The highest BCUT2D eigenvalue weighted by Crippen LogP contribution is 2.19. The number of hydrogen-bond acceptors (Lipinski definition) is 6. The molecule has 0 aromatic carbocycles. The normalized spacial score (nSPS) is 12.2. The standard InChI is InChI=1S/C73H136O6/c1-4-7-10-13-16-19-22-25-26-27-28-29-30-31-32-33-34-35-36-37-38-39-40-41-42-43-44-45-46-49-51-54-57-60-63-66-72(75)78-69-70(79-73(76)67-64-61-58-55-52-48-24-21-18-15-12-9-6-3)68-77-71(74)65-62-59-56-53-50-47-23-20-17-14-11-8-5-2/h9,12,18,21,48,52,70H,4-8,10-11,13-17,19-20,22-47,49-51,53-69H2,1-3H3/b12-9-,21-18-,52-48-. The Morgan fingerprint density at radius 3 is 0.772 bits per heavy atom. The van der Waals surface area contributed by atoms with Gasteiger partial charge in [-0.1, -0.05) is 359 Å². The van der Waals surface area contributed by atoms with Gasteiger partial charge in [0.05, 0.1) is 0 Å². The van der Waals surface area contributed by atoms with Gasteiger partial charge in [0.25, 0.3) is 0 Å². The summed E-state index contributed by atoms with van der Waals surface area (Å²) >= 11 is 0. The molecule has 0 radical (unpaired) electrons. The highest BCUT2D eigenvalue weighted by Gasteiger charge is 2.19. The average molecular weight is 1110 g/mol. The van der Waals surface area contributed by atoms with E-state index in [1.165, 1.54) is 270 Å². The smallest absolute Gasteiger partial charge is 0.306 e. The van der Waals surface area contributed by atoms with Gasteiger partial charge in [0.15, 0.2) is 6.10 Å². The molecule has 0 N–H and O–H groups in total. The summed E-state index contributed by atoms with van der Waals surface area (Å²) in [4.78, 5) is 38.2. The van der Waals surface area contributed by atoms with Crippen LogP contribution in [-0.4, -0.2) is 37.2 Å². The van der Waals surface area contributed by atoms with Crippen molar-refractivity contribution in [1.82, 2.24) is 0 Å². The van der Waals surface area contributed by atoms with Gasteiger partial charge in [-0.3, -0.25) is 14.4 Å². The minimum Gasteiger partial charge on any atom is -0.462 e. The van der Waals surface area contributed by atoms with E-state index >= 15 is 0 Å². The molecule has 6 nitrogen and oxygen atoms in total. The van der Waals surface area contributed by atoms with Crippen molar-refractivity contribution in [3.63, 3.8) is 0 Å². The lowest BCUT2D eigenvalue weighted by Gasteiger charge is -2.18. The molecule has 464 valence electrons. The first-order valence-electron chi connectivity index (χ1n) is 35.5. The van der Waals surface area contributed by atoms with Gasteiger partial charge in [0.1, 0.15) is 13.2 Å². The summed E-state index contributed by atoms with van der Waals surface area (Å²) in [5.74, 6) is -0.885. The topological polar surface area (TPSA) is 78.9 Å². The molecule has 0 amide bonds. The van der Waals surface area contributed by atoms with E-state index in [1.807, 2.05) is 0 Å². The predicted octanol–water partition coefficient (Wildman–Crippen LogP) is 24.3. The minimum atomic E-state index is -0.784. The number of allylic oxidation sites excluding steroid dienone is 6. The van der Waals surface area contributed by atoms with E-state index in [0.29, 0.717) is 19.3 Å². The van der Waals surface area contributed by atoms with Gasteiger partial charge in [-0.15, -0.1) is 0 Å². The third kappa shape index (κ3) is 66.3. The minimum absolute atomic E-state index is 0.0790. The van der Waals surface area contributed by atoms with Crippen LogP contribution in [0.2, 0.25) is 0 Å². The van der Waals surface area contributed by atoms with Crippen LogP contribution in [0, 0.1) is 0 Å². The summed E-state index contributed by atoms with van der Waals surface area (Å²) in [6.45, 7) is 6.56. The van der Waals surface area contributed by atoms with Gasteiger partial charge < -0.3 is 14.2 Å². The molecule has 0 aliphatic carbocycles. The van der Waals surface area contributed by atoms with Crippen LogP contribution >= 0.6 is 0 Å². The van der Waals surface area contributed by atoms with Crippen molar-refractivity contribution in [2.75, 3.05) is 13.2 Å². The molecular weight excluding hydrogens is 973 g/mol. The summed E-state index contributed by atoms with van der Waals surface area (Å²) < 4.78 is 16.9. The van der Waals surface area contributed by atoms with Crippen LogP contribution in [0.4, 0.5) is 0 Å². The van der Waals surface area contributed by atoms with E-state index in [0.717, 1.165) is 83.5 Å². The molecule has 0 aliphatic rings. The zero-order valence-electron chi connectivity index (χ0n) is 53.4. The van der Waals surface area contributed by atoms with E-state index in [9.17, 15) is 14.4 Å². The fourth-order valence-electron chi connectivity index (χ4n) is 10.9. The number of rotatable bonds is 66. The Kier molecular flexibility index (Phi) is 66.1. The van der Waals surface area contributed by atoms with Crippen molar-refractivity contribution in [2.24, 2.45) is 0 Å². The second-order valence-electron chi connectivity index (χ2n) is 24.1. The van der Waals surface area contributed by atoms with Gasteiger partial charge in [-0.25, -0.2) is 0 Å². The first-order chi connectivity index (χ1) is 39.0. The largest absolute Gasteiger partial charge is 0.462 e. The van der Waals surface area contributed by atoms with Crippen LogP contribution in [0.5, 0.6) is 0 Å². The van der Waals surface area contributed by atoms with Crippen LogP contribution in [-0.2, 0) is 28.6 Å². The van der Waals surface area contributed by atoms with Crippen molar-refractivity contribution in [2.45, 2.75) is 399 Å². The highest BCUT2D eigenvalue weighted by molar-refractivity contribution is 5.71. The Balaban J connectivity index is 4.00. The first-order valence-corrected chi connectivity index (χ1v) is 35.5. The quantitative estimate of drug-likeness (QED) is 0.0261. The fourth-order valence-corrected chi connectivity index (χ4v) is 10.9. The van der Waals surface area contributed by atoms with Gasteiger partial charge in [0, 0.05) is 19.3 Å². The van der Waals surface area contributed by atoms with Gasteiger partial charge in [0.2, 0.25) is 0 Å². The molecule has 0 aliphatic heterocycles. The van der Waals surface area contributed by atoms with E-state index < -0.39 is 6.10 Å². The third-order valence-corrected chi connectivity index (χ3v) is 16.2. The Labute approximate surface area is 493 Å². The summed E-state index contributed by atoms with van der Waals surface area (Å²) in [6, 6.07) is 0. The SMILES string of the molecule is CC/C=C\C/C=C\C/C=C\CCCCCC(=O)OC(COC(=O)CCCCCCCCCCCCCCC)COC(=O)CCCCCCCCCCCCCCCCCCCCCCCCCCCCCCCCCCCCC. The van der Waals surface area contributed by atoms with E-state index in [-0.39, 0.29) is 31.1 Å². The zero-order chi connectivity index (χ0) is 57.1. The summed E-state index contributed by atoms with van der Waals surface area (Å²) in [6.07, 6.45) is 85.0. The molecule has 0 rings (SSSR count). The number of carbonyl (C=O) groups excluding carboxylic acids is 3. The molecule has 0 heterocycles. The van der Waals surface area contributed by atoms with Gasteiger partial charge >= 0.3 is 17.9 Å². The Bertz CT molecular complexity index is 1320. The summed E-state index contributed by atoms with van der Waals surface area (Å²) in [7, 11) is 0. The second kappa shape index (κ2) is 68.1. The lowest BCUT2D eigenvalue weighted by molar-refractivity contribution is -0.167. The Morgan fingerprint density at radius 2 is 0.494 bits per heavy atom. The first kappa shape index (κ1) is 76.6. The van der Waals surface area contributed by atoms with E-state index in [2.05, 4.69) is 57.2 Å². The van der Waals surface area contributed by atoms with E-state index in [1.54, 1.807) is 0 Å². The Hall–Kier alpha value is -2.37. The summed E-state index contributed by atoms with van der Waals surface area (Å²) in [5.41, 5.74) is 0. The molecule has 1 unspecified atom stereocenters. The monoisotopic (exact) mass is 1110 g/mol. The molecule has 0 saturated heterocycles. The van der Waals surface area contributed by atoms with Crippen molar-refractivity contribution >= 4 is 17.9 Å². The highest BCUT2D eigenvalue weighted by atomic mass is 16.6. The molecule has 1 atom stereocenters. The number of carbonyl (C=O) groups is 3. The second-order valence-corrected chi connectivity index (χ2v) is 24.1. The maximum absolute atomic E-state index is 12.9. The van der Waals surface area contributed by atoms with Gasteiger partial charge in [-0.2, -0.15) is 0 Å². The maximum atomic E-state index is 12.9. The molecule has 0 aromatic rings. The lowest BCUT2D eigenvalue weighted by atomic mass is 10.0. The van der Waals surface area contributed by atoms with Crippen molar-refractivity contribution in [3.8, 4) is 0 Å².